The average molecular weight is 283 g/mol. The summed E-state index contributed by atoms with van der Waals surface area (Å²) < 4.78 is 4.31. The Morgan fingerprint density at radius 1 is 1.32 bits per heavy atom. The second-order valence-corrected chi connectivity index (χ2v) is 5.29. The molecule has 6 nitrogen and oxygen atoms in total. The molecule has 0 spiro atoms. The van der Waals surface area contributed by atoms with Gasteiger partial charge in [0.25, 0.3) is 0 Å². The van der Waals surface area contributed by atoms with Gasteiger partial charge in [0.15, 0.2) is 0 Å². The molecule has 0 aliphatic carbocycles. The first-order valence-electron chi connectivity index (χ1n) is 6.79. The van der Waals surface area contributed by atoms with E-state index >= 15 is 0 Å². The number of piperazine rings is 1. The van der Waals surface area contributed by atoms with E-state index < -0.39 is 0 Å². The minimum absolute atomic E-state index is 0.111. The molecule has 1 N–H and O–H groups in total. The maximum atomic E-state index is 11.5. The second-order valence-electron chi connectivity index (χ2n) is 4.56. The Kier molecular flexibility index (Phi) is 5.09. The zero-order chi connectivity index (χ0) is 13.7. The first-order valence-corrected chi connectivity index (χ1v) is 7.56. The Hall–Kier alpha value is -1.21. The molecular weight excluding hydrogens is 262 g/mol. The average Bonchev–Trinajstić information content (AvgIpc) is 2.88. The summed E-state index contributed by atoms with van der Waals surface area (Å²) in [7, 11) is 0. The van der Waals surface area contributed by atoms with Crippen molar-refractivity contribution in [2.45, 2.75) is 20.3 Å². The number of hydrogen-bond acceptors (Lipinski definition) is 6. The van der Waals surface area contributed by atoms with Crippen LogP contribution >= 0.6 is 11.5 Å². The Balaban J connectivity index is 1.80. The number of amides is 1. The molecule has 19 heavy (non-hydrogen) atoms. The van der Waals surface area contributed by atoms with Crippen molar-refractivity contribution >= 4 is 22.6 Å². The van der Waals surface area contributed by atoms with Gasteiger partial charge >= 0.3 is 0 Å². The summed E-state index contributed by atoms with van der Waals surface area (Å²) in [5, 5.41) is 3.84. The number of nitrogens with zero attached hydrogens (tertiary/aromatic N) is 4. The molecule has 0 bridgehead atoms. The van der Waals surface area contributed by atoms with Gasteiger partial charge in [-0.05, 0) is 6.92 Å². The molecule has 0 aromatic carbocycles. The lowest BCUT2D eigenvalue weighted by Gasteiger charge is -2.33. The molecule has 1 fully saturated rings. The second kappa shape index (κ2) is 6.81. The zero-order valence-electron chi connectivity index (χ0n) is 11.6. The van der Waals surface area contributed by atoms with Crippen molar-refractivity contribution < 1.29 is 4.79 Å². The van der Waals surface area contributed by atoms with Gasteiger partial charge in [0.1, 0.15) is 5.82 Å². The van der Waals surface area contributed by atoms with Crippen LogP contribution in [0, 0.1) is 0 Å². The molecule has 106 valence electrons. The highest BCUT2D eigenvalue weighted by molar-refractivity contribution is 7.09. The van der Waals surface area contributed by atoms with E-state index in [0.717, 1.165) is 43.6 Å². The maximum absolute atomic E-state index is 11.5. The molecule has 0 atom stereocenters. The fourth-order valence-corrected chi connectivity index (χ4v) is 2.87. The molecule has 0 radical (unpaired) electrons. The highest BCUT2D eigenvalue weighted by Crippen LogP contribution is 2.19. The summed E-state index contributed by atoms with van der Waals surface area (Å²) in [6.45, 7) is 8.83. The van der Waals surface area contributed by atoms with E-state index in [4.69, 9.17) is 0 Å². The van der Waals surface area contributed by atoms with Crippen molar-refractivity contribution in [2.75, 3.05) is 44.2 Å². The van der Waals surface area contributed by atoms with E-state index in [9.17, 15) is 4.79 Å². The van der Waals surface area contributed by atoms with Gasteiger partial charge in [-0.1, -0.05) is 6.92 Å². The van der Waals surface area contributed by atoms with Crippen LogP contribution in [0.3, 0.4) is 0 Å². The number of nitrogens with one attached hydrogen (secondary N) is 1. The fourth-order valence-electron chi connectivity index (χ4n) is 2.07. The highest BCUT2D eigenvalue weighted by atomic mass is 32.1. The van der Waals surface area contributed by atoms with Gasteiger partial charge in [-0.3, -0.25) is 9.69 Å². The molecule has 7 heteroatoms. The molecule has 0 unspecified atom stereocenters. The largest absolute Gasteiger partial charge is 0.355 e. The number of aryl methyl sites for hydroxylation is 1. The topological polar surface area (TPSA) is 61.4 Å². The van der Waals surface area contributed by atoms with E-state index in [1.165, 1.54) is 11.5 Å². The SMILES string of the molecule is CCNC(=O)CN1CCN(c2nc(CC)ns2)CC1. The van der Waals surface area contributed by atoms with Crippen LogP contribution in [0.5, 0.6) is 0 Å². The summed E-state index contributed by atoms with van der Waals surface area (Å²) in [5.41, 5.74) is 0. The Bertz CT molecular complexity index is 414. The van der Waals surface area contributed by atoms with Crippen LogP contribution in [0.4, 0.5) is 5.13 Å². The molecule has 1 aromatic heterocycles. The van der Waals surface area contributed by atoms with Gasteiger partial charge in [0.05, 0.1) is 6.54 Å². The summed E-state index contributed by atoms with van der Waals surface area (Å²) in [4.78, 5) is 20.5. The normalized spacial score (nSPS) is 16.6. The zero-order valence-corrected chi connectivity index (χ0v) is 12.4. The van der Waals surface area contributed by atoms with Crippen LogP contribution in [0.25, 0.3) is 0 Å². The van der Waals surface area contributed by atoms with E-state index in [1.54, 1.807) is 0 Å². The number of carbonyl (C=O) groups is 1. The van der Waals surface area contributed by atoms with E-state index in [0.29, 0.717) is 13.1 Å². The monoisotopic (exact) mass is 283 g/mol. The van der Waals surface area contributed by atoms with Crippen LogP contribution in [-0.2, 0) is 11.2 Å². The lowest BCUT2D eigenvalue weighted by atomic mass is 10.3. The molecule has 1 aliphatic heterocycles. The molecule has 2 rings (SSSR count). The first-order chi connectivity index (χ1) is 9.22. The number of hydrogen-bond donors (Lipinski definition) is 1. The molecule has 1 saturated heterocycles. The van der Waals surface area contributed by atoms with Crippen LogP contribution < -0.4 is 10.2 Å². The third kappa shape index (κ3) is 3.87. The van der Waals surface area contributed by atoms with Crippen molar-refractivity contribution in [3.63, 3.8) is 0 Å². The molecule has 2 heterocycles. The quantitative estimate of drug-likeness (QED) is 0.845. The number of likely N-dealkylation sites (N-methyl/N-ethyl adjacent to an activating group) is 1. The van der Waals surface area contributed by atoms with E-state index in [2.05, 4.69) is 31.4 Å². The molecule has 0 saturated carbocycles. The van der Waals surface area contributed by atoms with Crippen LogP contribution in [0.15, 0.2) is 0 Å². The number of rotatable bonds is 5. The number of anilines is 1. The molecule has 1 aromatic rings. The Morgan fingerprint density at radius 2 is 2.05 bits per heavy atom. The van der Waals surface area contributed by atoms with E-state index in [1.807, 2.05) is 6.92 Å². The molecule has 1 aliphatic rings. The standard InChI is InChI=1S/C12H21N5OS/c1-3-10-14-12(19-15-10)17-7-5-16(6-8-17)9-11(18)13-4-2/h3-9H2,1-2H3,(H,13,18). The molecular formula is C12H21N5OS. The molecule has 1 amide bonds. The maximum Gasteiger partial charge on any atom is 0.234 e. The third-order valence-corrected chi connectivity index (χ3v) is 3.97. The summed E-state index contributed by atoms with van der Waals surface area (Å²) in [6, 6.07) is 0. The Labute approximate surface area is 118 Å². The van der Waals surface area contributed by atoms with Gasteiger partial charge in [0, 0.05) is 50.7 Å². The lowest BCUT2D eigenvalue weighted by Crippen LogP contribution is -2.49. The smallest absolute Gasteiger partial charge is 0.234 e. The number of carbonyl (C=O) groups excluding carboxylic acids is 1. The fraction of sp³-hybridized carbons (Fsp3) is 0.750. The summed E-state index contributed by atoms with van der Waals surface area (Å²) >= 11 is 1.47. The van der Waals surface area contributed by atoms with Gasteiger partial charge in [0.2, 0.25) is 11.0 Å². The van der Waals surface area contributed by atoms with Gasteiger partial charge in [-0.2, -0.15) is 4.37 Å². The van der Waals surface area contributed by atoms with Crippen LogP contribution in [-0.4, -0.2) is 59.4 Å². The highest BCUT2D eigenvalue weighted by Gasteiger charge is 2.21. The van der Waals surface area contributed by atoms with Gasteiger partial charge in [-0.25, -0.2) is 4.98 Å². The van der Waals surface area contributed by atoms with Crippen molar-refractivity contribution in [2.24, 2.45) is 0 Å². The summed E-state index contributed by atoms with van der Waals surface area (Å²) in [6.07, 6.45) is 0.883. The van der Waals surface area contributed by atoms with Gasteiger partial charge < -0.3 is 10.2 Å². The summed E-state index contributed by atoms with van der Waals surface area (Å²) in [5.74, 6) is 1.03. The van der Waals surface area contributed by atoms with Crippen molar-refractivity contribution in [3.8, 4) is 0 Å². The first kappa shape index (κ1) is 14.2. The van der Waals surface area contributed by atoms with Crippen molar-refractivity contribution in [1.29, 1.82) is 0 Å². The predicted molar refractivity (Wildman–Crippen MR) is 76.6 cm³/mol. The van der Waals surface area contributed by atoms with Gasteiger partial charge in [-0.15, -0.1) is 0 Å². The Morgan fingerprint density at radius 3 is 2.63 bits per heavy atom. The van der Waals surface area contributed by atoms with Crippen LogP contribution in [0.1, 0.15) is 19.7 Å². The third-order valence-electron chi connectivity index (χ3n) is 3.16. The van der Waals surface area contributed by atoms with Crippen molar-refractivity contribution in [1.82, 2.24) is 19.6 Å². The number of aromatic nitrogens is 2. The van der Waals surface area contributed by atoms with E-state index in [-0.39, 0.29) is 5.91 Å². The predicted octanol–water partition coefficient (Wildman–Crippen LogP) is 0.359. The van der Waals surface area contributed by atoms with Crippen molar-refractivity contribution in [3.05, 3.63) is 5.82 Å². The minimum Gasteiger partial charge on any atom is -0.355 e. The minimum atomic E-state index is 0.111. The van der Waals surface area contributed by atoms with Crippen LogP contribution in [0.2, 0.25) is 0 Å². The lowest BCUT2D eigenvalue weighted by molar-refractivity contribution is -0.122.